The van der Waals surface area contributed by atoms with Crippen molar-refractivity contribution in [2.24, 2.45) is 0 Å². The number of ether oxygens (including phenoxy) is 2. The minimum atomic E-state index is -0.171. The van der Waals surface area contributed by atoms with Crippen molar-refractivity contribution in [1.82, 2.24) is 10.2 Å². The van der Waals surface area contributed by atoms with Crippen LogP contribution in [0.5, 0.6) is 17.2 Å². The van der Waals surface area contributed by atoms with Crippen LogP contribution in [-0.4, -0.2) is 17.3 Å². The Morgan fingerprint density at radius 1 is 0.968 bits per heavy atom. The van der Waals surface area contributed by atoms with Crippen LogP contribution in [0, 0.1) is 11.3 Å². The number of benzene rings is 3. The Morgan fingerprint density at radius 3 is 2.45 bits per heavy atom. The van der Waals surface area contributed by atoms with Crippen LogP contribution < -0.4 is 14.8 Å². The van der Waals surface area contributed by atoms with E-state index in [-0.39, 0.29) is 6.04 Å². The fraction of sp³-hybridized carbons (Fsp3) is 0.125. The molecule has 154 valence electrons. The van der Waals surface area contributed by atoms with E-state index in [2.05, 4.69) is 21.6 Å². The van der Waals surface area contributed by atoms with Gasteiger partial charge < -0.3 is 19.2 Å². The summed E-state index contributed by atoms with van der Waals surface area (Å²) >= 11 is 0. The number of nitrogens with one attached hydrogen (secondary N) is 1. The number of rotatable bonds is 7. The van der Waals surface area contributed by atoms with Gasteiger partial charge in [0, 0.05) is 17.3 Å². The molecule has 0 aliphatic rings. The Balaban J connectivity index is 1.42. The van der Waals surface area contributed by atoms with Gasteiger partial charge in [0.2, 0.25) is 11.8 Å². The monoisotopic (exact) mass is 412 g/mol. The number of methoxy groups -OCH3 is 1. The lowest BCUT2D eigenvalue weighted by Gasteiger charge is -2.13. The fourth-order valence-electron chi connectivity index (χ4n) is 2.99. The number of nitriles is 1. The van der Waals surface area contributed by atoms with E-state index in [1.54, 1.807) is 25.3 Å². The summed E-state index contributed by atoms with van der Waals surface area (Å²) in [5, 5.41) is 20.6. The molecular formula is C24H20N4O3. The molecule has 0 bridgehead atoms. The van der Waals surface area contributed by atoms with Crippen molar-refractivity contribution in [3.05, 3.63) is 84.3 Å². The smallest absolute Gasteiger partial charge is 0.247 e. The predicted molar refractivity (Wildman–Crippen MR) is 116 cm³/mol. The Labute approximate surface area is 179 Å². The lowest BCUT2D eigenvalue weighted by Crippen LogP contribution is -2.06. The average molecular weight is 412 g/mol. The maximum atomic E-state index is 9.01. The van der Waals surface area contributed by atoms with Gasteiger partial charge in [0.15, 0.2) is 11.5 Å². The van der Waals surface area contributed by atoms with Crippen LogP contribution in [0.2, 0.25) is 0 Å². The molecule has 0 saturated heterocycles. The van der Waals surface area contributed by atoms with Gasteiger partial charge in [-0.25, -0.2) is 0 Å². The average Bonchev–Trinajstić information content (AvgIpc) is 3.32. The van der Waals surface area contributed by atoms with Crippen LogP contribution >= 0.6 is 0 Å². The first-order valence-corrected chi connectivity index (χ1v) is 9.67. The maximum absolute atomic E-state index is 9.01. The predicted octanol–water partition coefficient (Wildman–Crippen LogP) is 5.58. The second-order valence-corrected chi connectivity index (χ2v) is 6.78. The third-order valence-electron chi connectivity index (χ3n) is 4.59. The molecule has 7 nitrogen and oxygen atoms in total. The molecule has 1 atom stereocenters. The summed E-state index contributed by atoms with van der Waals surface area (Å²) in [6, 6.07) is 24.1. The van der Waals surface area contributed by atoms with Crippen molar-refractivity contribution >= 4 is 5.69 Å². The Kier molecular flexibility index (Phi) is 5.81. The summed E-state index contributed by atoms with van der Waals surface area (Å²) in [6.07, 6.45) is 0. The highest BCUT2D eigenvalue weighted by molar-refractivity contribution is 5.53. The topological polar surface area (TPSA) is 93.2 Å². The Hall–Kier alpha value is -4.31. The van der Waals surface area contributed by atoms with Crippen molar-refractivity contribution in [2.75, 3.05) is 12.4 Å². The van der Waals surface area contributed by atoms with Gasteiger partial charge in [-0.2, -0.15) is 5.26 Å². The van der Waals surface area contributed by atoms with E-state index < -0.39 is 0 Å². The van der Waals surface area contributed by atoms with Crippen molar-refractivity contribution in [3.63, 3.8) is 0 Å². The molecule has 3 aromatic carbocycles. The van der Waals surface area contributed by atoms with Crippen molar-refractivity contribution in [3.8, 4) is 34.8 Å². The van der Waals surface area contributed by atoms with E-state index in [0.717, 1.165) is 11.3 Å². The van der Waals surface area contributed by atoms with E-state index in [4.69, 9.17) is 19.2 Å². The standard InChI is InChI=1S/C24H20N4O3/c1-16(23-27-28-24(31-23)18-6-4-3-5-7-18)26-19-9-11-20(12-10-19)30-21-13-8-17(15-25)14-22(21)29-2/h3-14,16,26H,1-2H3. The van der Waals surface area contributed by atoms with Crippen LogP contribution in [0.15, 0.2) is 77.2 Å². The normalized spacial score (nSPS) is 11.4. The van der Waals surface area contributed by atoms with Crippen LogP contribution in [0.25, 0.3) is 11.5 Å². The quantitative estimate of drug-likeness (QED) is 0.423. The van der Waals surface area contributed by atoms with Gasteiger partial charge in [0.1, 0.15) is 11.8 Å². The van der Waals surface area contributed by atoms with Crippen molar-refractivity contribution in [1.29, 1.82) is 5.26 Å². The first kappa shape index (κ1) is 20.0. The summed E-state index contributed by atoms with van der Waals surface area (Å²) in [4.78, 5) is 0. The molecule has 0 radical (unpaired) electrons. The van der Waals surface area contributed by atoms with Crippen LogP contribution in [0.1, 0.15) is 24.4 Å². The first-order valence-electron chi connectivity index (χ1n) is 9.67. The van der Waals surface area contributed by atoms with Gasteiger partial charge in [0.25, 0.3) is 0 Å². The summed E-state index contributed by atoms with van der Waals surface area (Å²) < 4.78 is 17.0. The second kappa shape index (κ2) is 9.01. The summed E-state index contributed by atoms with van der Waals surface area (Å²) in [5.41, 5.74) is 2.27. The SMILES string of the molecule is COc1cc(C#N)ccc1Oc1ccc(NC(C)c2nnc(-c3ccccc3)o2)cc1. The number of hydrogen-bond acceptors (Lipinski definition) is 7. The van der Waals surface area contributed by atoms with E-state index in [1.807, 2.05) is 61.5 Å². The molecular weight excluding hydrogens is 392 g/mol. The Morgan fingerprint density at radius 2 is 1.74 bits per heavy atom. The molecule has 7 heteroatoms. The van der Waals surface area contributed by atoms with E-state index in [1.165, 1.54) is 0 Å². The lowest BCUT2D eigenvalue weighted by atomic mass is 10.2. The molecule has 4 aromatic rings. The molecule has 0 aliphatic carbocycles. The van der Waals surface area contributed by atoms with Gasteiger partial charge in [-0.1, -0.05) is 18.2 Å². The molecule has 1 heterocycles. The molecule has 0 amide bonds. The Bertz CT molecular complexity index is 1200. The highest BCUT2D eigenvalue weighted by Crippen LogP contribution is 2.33. The van der Waals surface area contributed by atoms with E-state index in [9.17, 15) is 0 Å². The zero-order valence-electron chi connectivity index (χ0n) is 17.1. The molecule has 31 heavy (non-hydrogen) atoms. The summed E-state index contributed by atoms with van der Waals surface area (Å²) in [6.45, 7) is 1.95. The fourth-order valence-corrected chi connectivity index (χ4v) is 2.99. The third kappa shape index (κ3) is 4.65. The maximum Gasteiger partial charge on any atom is 0.247 e. The van der Waals surface area contributed by atoms with Gasteiger partial charge >= 0.3 is 0 Å². The van der Waals surface area contributed by atoms with Gasteiger partial charge in [0.05, 0.1) is 18.7 Å². The van der Waals surface area contributed by atoms with Crippen molar-refractivity contribution in [2.45, 2.75) is 13.0 Å². The molecule has 1 unspecified atom stereocenters. The number of anilines is 1. The molecule has 0 spiro atoms. The molecule has 0 fully saturated rings. The first-order chi connectivity index (χ1) is 15.2. The molecule has 0 aliphatic heterocycles. The largest absolute Gasteiger partial charge is 0.493 e. The zero-order chi connectivity index (χ0) is 21.6. The minimum Gasteiger partial charge on any atom is -0.493 e. The highest BCUT2D eigenvalue weighted by atomic mass is 16.5. The van der Waals surface area contributed by atoms with Crippen LogP contribution in [0.3, 0.4) is 0 Å². The van der Waals surface area contributed by atoms with Gasteiger partial charge in [-0.15, -0.1) is 10.2 Å². The van der Waals surface area contributed by atoms with Crippen LogP contribution in [-0.2, 0) is 0 Å². The number of hydrogen-bond donors (Lipinski definition) is 1. The summed E-state index contributed by atoms with van der Waals surface area (Å²) in [5.74, 6) is 2.67. The molecule has 1 N–H and O–H groups in total. The van der Waals surface area contributed by atoms with Crippen molar-refractivity contribution < 1.29 is 13.9 Å². The zero-order valence-corrected chi connectivity index (χ0v) is 17.1. The second-order valence-electron chi connectivity index (χ2n) is 6.78. The van der Waals surface area contributed by atoms with Gasteiger partial charge in [-0.3, -0.25) is 0 Å². The molecule has 0 saturated carbocycles. The molecule has 1 aromatic heterocycles. The highest BCUT2D eigenvalue weighted by Gasteiger charge is 2.15. The third-order valence-corrected chi connectivity index (χ3v) is 4.59. The van der Waals surface area contributed by atoms with E-state index >= 15 is 0 Å². The minimum absolute atomic E-state index is 0.171. The summed E-state index contributed by atoms with van der Waals surface area (Å²) in [7, 11) is 1.54. The van der Waals surface area contributed by atoms with E-state index in [0.29, 0.717) is 34.6 Å². The lowest BCUT2D eigenvalue weighted by molar-refractivity contribution is 0.378. The van der Waals surface area contributed by atoms with Gasteiger partial charge in [-0.05, 0) is 55.5 Å². The number of nitrogens with zero attached hydrogens (tertiary/aromatic N) is 3. The molecule has 4 rings (SSSR count). The van der Waals surface area contributed by atoms with Crippen LogP contribution in [0.4, 0.5) is 5.69 Å². The number of aromatic nitrogens is 2.